The number of amides is 2. The first kappa shape index (κ1) is 20.1. The van der Waals surface area contributed by atoms with Crippen LogP contribution in [0, 0.1) is 0 Å². The molecule has 0 aromatic heterocycles. The molecule has 0 bridgehead atoms. The fourth-order valence-electron chi connectivity index (χ4n) is 2.47. The normalized spacial score (nSPS) is 10.0. The lowest BCUT2D eigenvalue weighted by atomic mass is 10.1. The molecule has 0 spiro atoms. The SMILES string of the molecule is COc1ccc(CCNC(=O)CC(=O)Nc2ccc(OC)c(OC)c2)cc1. The third-order valence-corrected chi connectivity index (χ3v) is 3.88. The van der Waals surface area contributed by atoms with Gasteiger partial charge in [0, 0.05) is 18.3 Å². The minimum absolute atomic E-state index is 0.253. The second kappa shape index (κ2) is 10.1. The van der Waals surface area contributed by atoms with E-state index in [0.717, 1.165) is 11.3 Å². The molecule has 2 amide bonds. The first-order valence-electron chi connectivity index (χ1n) is 8.47. The van der Waals surface area contributed by atoms with Gasteiger partial charge in [-0.05, 0) is 36.2 Å². The first-order chi connectivity index (χ1) is 13.0. The molecule has 27 heavy (non-hydrogen) atoms. The van der Waals surface area contributed by atoms with E-state index in [2.05, 4.69) is 10.6 Å². The predicted molar refractivity (Wildman–Crippen MR) is 103 cm³/mol. The molecule has 2 N–H and O–H groups in total. The summed E-state index contributed by atoms with van der Waals surface area (Å²) in [5, 5.41) is 5.41. The standard InChI is InChI=1S/C20H24N2O5/c1-25-16-7-4-14(5-8-16)10-11-21-19(23)13-20(24)22-15-6-9-17(26-2)18(12-15)27-3/h4-9,12H,10-11,13H2,1-3H3,(H,21,23)(H,22,24). The third kappa shape index (κ3) is 6.22. The molecular weight excluding hydrogens is 348 g/mol. The zero-order valence-electron chi connectivity index (χ0n) is 15.7. The van der Waals surface area contributed by atoms with E-state index in [-0.39, 0.29) is 12.3 Å². The van der Waals surface area contributed by atoms with Gasteiger partial charge in [-0.15, -0.1) is 0 Å². The van der Waals surface area contributed by atoms with E-state index >= 15 is 0 Å². The van der Waals surface area contributed by atoms with Crippen molar-refractivity contribution in [3.63, 3.8) is 0 Å². The van der Waals surface area contributed by atoms with Crippen LogP contribution in [0.1, 0.15) is 12.0 Å². The number of anilines is 1. The van der Waals surface area contributed by atoms with Crippen molar-refractivity contribution in [3.8, 4) is 17.2 Å². The van der Waals surface area contributed by atoms with Crippen molar-refractivity contribution < 1.29 is 23.8 Å². The number of carbonyl (C=O) groups excluding carboxylic acids is 2. The summed E-state index contributed by atoms with van der Waals surface area (Å²) in [5.41, 5.74) is 1.61. The lowest BCUT2D eigenvalue weighted by molar-refractivity contribution is -0.126. The Hall–Kier alpha value is -3.22. The highest BCUT2D eigenvalue weighted by molar-refractivity contribution is 6.03. The molecule has 0 heterocycles. The number of nitrogens with one attached hydrogen (secondary N) is 2. The van der Waals surface area contributed by atoms with Gasteiger partial charge in [-0.2, -0.15) is 0 Å². The molecule has 2 aromatic carbocycles. The largest absolute Gasteiger partial charge is 0.497 e. The number of ether oxygens (including phenoxy) is 3. The van der Waals surface area contributed by atoms with Gasteiger partial charge in [-0.1, -0.05) is 12.1 Å². The summed E-state index contributed by atoms with van der Waals surface area (Å²) in [6.45, 7) is 0.453. The highest BCUT2D eigenvalue weighted by atomic mass is 16.5. The molecule has 0 radical (unpaired) electrons. The maximum atomic E-state index is 12.0. The van der Waals surface area contributed by atoms with Crippen LogP contribution in [0.4, 0.5) is 5.69 Å². The van der Waals surface area contributed by atoms with Crippen LogP contribution in [0.25, 0.3) is 0 Å². The summed E-state index contributed by atoms with van der Waals surface area (Å²) in [6, 6.07) is 12.6. The molecule has 0 saturated carbocycles. The van der Waals surface area contributed by atoms with Crippen molar-refractivity contribution in [3.05, 3.63) is 48.0 Å². The van der Waals surface area contributed by atoms with Crippen molar-refractivity contribution in [1.82, 2.24) is 5.32 Å². The second-order valence-electron chi connectivity index (χ2n) is 5.74. The molecule has 7 heteroatoms. The first-order valence-corrected chi connectivity index (χ1v) is 8.47. The maximum absolute atomic E-state index is 12.0. The highest BCUT2D eigenvalue weighted by Gasteiger charge is 2.11. The Kier molecular flexibility index (Phi) is 7.49. The van der Waals surface area contributed by atoms with Gasteiger partial charge in [0.25, 0.3) is 0 Å². The number of rotatable bonds is 9. The van der Waals surface area contributed by atoms with Crippen LogP contribution in [-0.2, 0) is 16.0 Å². The Morgan fingerprint density at radius 3 is 2.19 bits per heavy atom. The van der Waals surface area contributed by atoms with Gasteiger partial charge < -0.3 is 24.8 Å². The molecule has 144 valence electrons. The zero-order chi connectivity index (χ0) is 19.6. The molecule has 7 nitrogen and oxygen atoms in total. The van der Waals surface area contributed by atoms with Crippen LogP contribution in [0.3, 0.4) is 0 Å². The molecular formula is C20H24N2O5. The fraction of sp³-hybridized carbons (Fsp3) is 0.300. The topological polar surface area (TPSA) is 85.9 Å². The van der Waals surface area contributed by atoms with E-state index in [9.17, 15) is 9.59 Å². The minimum Gasteiger partial charge on any atom is -0.497 e. The van der Waals surface area contributed by atoms with Crippen LogP contribution >= 0.6 is 0 Å². The van der Waals surface area contributed by atoms with E-state index in [1.807, 2.05) is 24.3 Å². The van der Waals surface area contributed by atoms with E-state index in [4.69, 9.17) is 14.2 Å². The van der Waals surface area contributed by atoms with Gasteiger partial charge in [0.2, 0.25) is 11.8 Å². The Balaban J connectivity index is 1.77. The lowest BCUT2D eigenvalue weighted by Gasteiger charge is -2.11. The van der Waals surface area contributed by atoms with Gasteiger partial charge in [0.1, 0.15) is 12.2 Å². The van der Waals surface area contributed by atoms with Crippen LogP contribution in [0.5, 0.6) is 17.2 Å². The zero-order valence-corrected chi connectivity index (χ0v) is 15.7. The van der Waals surface area contributed by atoms with E-state index in [1.54, 1.807) is 25.3 Å². The van der Waals surface area contributed by atoms with Gasteiger partial charge in [-0.25, -0.2) is 0 Å². The third-order valence-electron chi connectivity index (χ3n) is 3.88. The number of benzene rings is 2. The Morgan fingerprint density at radius 2 is 1.56 bits per heavy atom. The van der Waals surface area contributed by atoms with Gasteiger partial charge in [0.05, 0.1) is 21.3 Å². The number of hydrogen-bond donors (Lipinski definition) is 2. The quantitative estimate of drug-likeness (QED) is 0.660. The molecule has 2 rings (SSSR count). The van der Waals surface area contributed by atoms with E-state index in [0.29, 0.717) is 30.2 Å². The summed E-state index contributed by atoms with van der Waals surface area (Å²) >= 11 is 0. The van der Waals surface area contributed by atoms with Crippen molar-refractivity contribution in [2.45, 2.75) is 12.8 Å². The number of methoxy groups -OCH3 is 3. The Labute approximate surface area is 158 Å². The number of hydrogen-bond acceptors (Lipinski definition) is 5. The van der Waals surface area contributed by atoms with Gasteiger partial charge >= 0.3 is 0 Å². The Morgan fingerprint density at radius 1 is 0.852 bits per heavy atom. The Bertz CT molecular complexity index is 774. The number of carbonyl (C=O) groups is 2. The molecule has 0 unspecified atom stereocenters. The van der Waals surface area contributed by atoms with Crippen LogP contribution in [0.15, 0.2) is 42.5 Å². The molecule has 0 aliphatic rings. The van der Waals surface area contributed by atoms with Gasteiger partial charge in [0.15, 0.2) is 11.5 Å². The molecule has 0 aliphatic heterocycles. The van der Waals surface area contributed by atoms with E-state index in [1.165, 1.54) is 14.2 Å². The summed E-state index contributed by atoms with van der Waals surface area (Å²) in [4.78, 5) is 23.9. The monoisotopic (exact) mass is 372 g/mol. The van der Waals surface area contributed by atoms with Crippen molar-refractivity contribution >= 4 is 17.5 Å². The van der Waals surface area contributed by atoms with E-state index < -0.39 is 5.91 Å². The molecule has 0 atom stereocenters. The molecule has 0 saturated heterocycles. The predicted octanol–water partition coefficient (Wildman–Crippen LogP) is 2.40. The average Bonchev–Trinajstić information content (AvgIpc) is 2.68. The summed E-state index contributed by atoms with van der Waals surface area (Å²) < 4.78 is 15.4. The summed E-state index contributed by atoms with van der Waals surface area (Å²) in [5.74, 6) is 1.12. The second-order valence-corrected chi connectivity index (χ2v) is 5.74. The average molecular weight is 372 g/mol. The minimum atomic E-state index is -0.399. The molecule has 0 aliphatic carbocycles. The maximum Gasteiger partial charge on any atom is 0.233 e. The van der Waals surface area contributed by atoms with Crippen LogP contribution < -0.4 is 24.8 Å². The summed E-state index contributed by atoms with van der Waals surface area (Å²) in [6.07, 6.45) is 0.421. The van der Waals surface area contributed by atoms with Gasteiger partial charge in [-0.3, -0.25) is 9.59 Å². The highest BCUT2D eigenvalue weighted by Crippen LogP contribution is 2.29. The van der Waals surface area contributed by atoms with Crippen LogP contribution in [0.2, 0.25) is 0 Å². The molecule has 2 aromatic rings. The van der Waals surface area contributed by atoms with Crippen molar-refractivity contribution in [2.75, 3.05) is 33.2 Å². The van der Waals surface area contributed by atoms with Crippen molar-refractivity contribution in [2.24, 2.45) is 0 Å². The fourth-order valence-corrected chi connectivity index (χ4v) is 2.47. The van der Waals surface area contributed by atoms with Crippen molar-refractivity contribution in [1.29, 1.82) is 0 Å². The summed E-state index contributed by atoms with van der Waals surface area (Å²) in [7, 11) is 4.66. The smallest absolute Gasteiger partial charge is 0.233 e. The molecule has 0 fully saturated rings. The lowest BCUT2D eigenvalue weighted by Crippen LogP contribution is -2.29. The van der Waals surface area contributed by atoms with Crippen LogP contribution in [-0.4, -0.2) is 39.7 Å².